The molecule has 0 aromatic heterocycles. The van der Waals surface area contributed by atoms with Crippen molar-refractivity contribution in [2.75, 3.05) is 19.8 Å². The first kappa shape index (κ1) is 73.8. The molecule has 0 bridgehead atoms. The van der Waals surface area contributed by atoms with Crippen LogP contribution in [0.3, 0.4) is 0 Å². The number of ether oxygens (including phenoxy) is 4. The molecule has 0 radical (unpaired) electrons. The molecule has 0 aromatic carbocycles. The molecule has 12 atom stereocenters. The molecule has 1 amide bonds. The van der Waals surface area contributed by atoms with Gasteiger partial charge in [-0.25, -0.2) is 0 Å². The van der Waals surface area contributed by atoms with E-state index in [1.54, 1.807) is 6.08 Å². The molecule has 0 aliphatic carbocycles. The minimum absolute atomic E-state index is 0.253. The smallest absolute Gasteiger partial charge is 0.220 e. The van der Waals surface area contributed by atoms with Gasteiger partial charge in [0.05, 0.1) is 32.0 Å². The maximum atomic E-state index is 13.3. The fraction of sp³-hybridized carbons (Fsp3) is 0.833. The molecule has 80 heavy (non-hydrogen) atoms. The number of carbonyl (C=O) groups is 1. The summed E-state index contributed by atoms with van der Waals surface area (Å²) in [5.41, 5.74) is 0. The zero-order chi connectivity index (χ0) is 58.1. The molecule has 0 spiro atoms. The number of nitrogens with one attached hydrogen (secondary N) is 1. The van der Waals surface area contributed by atoms with Crippen molar-refractivity contribution in [1.29, 1.82) is 0 Å². The Hall–Kier alpha value is -2.31. The Balaban J connectivity index is 1.75. The number of amides is 1. The summed E-state index contributed by atoms with van der Waals surface area (Å²) in [5, 5.41) is 87.2. The van der Waals surface area contributed by atoms with Gasteiger partial charge in [0.1, 0.15) is 48.8 Å². The molecule has 9 N–H and O–H groups in total. The summed E-state index contributed by atoms with van der Waals surface area (Å²) in [6, 6.07) is -0.937. The van der Waals surface area contributed by atoms with Crippen LogP contribution in [0.25, 0.3) is 0 Å². The number of aliphatic hydroxyl groups is 8. The molecular weight excluding hydrogens is 1010 g/mol. The summed E-state index contributed by atoms with van der Waals surface area (Å²) in [7, 11) is 0. The van der Waals surface area contributed by atoms with Gasteiger partial charge in [-0.2, -0.15) is 0 Å². The number of rotatable bonds is 52. The van der Waals surface area contributed by atoms with Crippen LogP contribution in [0.4, 0.5) is 0 Å². The molecule has 2 rings (SSSR count). The van der Waals surface area contributed by atoms with Gasteiger partial charge >= 0.3 is 0 Å². The molecule has 0 saturated carbocycles. The molecular formula is C66H119NO13. The van der Waals surface area contributed by atoms with Crippen LogP contribution in [0.15, 0.2) is 60.8 Å². The molecule has 14 nitrogen and oxygen atoms in total. The highest BCUT2D eigenvalue weighted by atomic mass is 16.7. The van der Waals surface area contributed by atoms with Crippen LogP contribution < -0.4 is 5.32 Å². The lowest BCUT2D eigenvalue weighted by atomic mass is 9.97. The van der Waals surface area contributed by atoms with E-state index in [1.165, 1.54) is 173 Å². The third-order valence-electron chi connectivity index (χ3n) is 15.7. The lowest BCUT2D eigenvalue weighted by molar-refractivity contribution is -0.359. The zero-order valence-electron chi connectivity index (χ0n) is 50.3. The van der Waals surface area contributed by atoms with Crippen molar-refractivity contribution < 1.29 is 64.6 Å². The van der Waals surface area contributed by atoms with Crippen LogP contribution in [-0.4, -0.2) is 140 Å². The maximum absolute atomic E-state index is 13.3. The van der Waals surface area contributed by atoms with E-state index >= 15 is 0 Å². The molecule has 2 saturated heterocycles. The van der Waals surface area contributed by atoms with E-state index in [-0.39, 0.29) is 18.9 Å². The molecule has 2 aliphatic rings. The highest BCUT2D eigenvalue weighted by Gasteiger charge is 2.51. The Bertz CT molecular complexity index is 1570. The minimum atomic E-state index is -1.79. The van der Waals surface area contributed by atoms with E-state index in [1.807, 2.05) is 6.08 Å². The summed E-state index contributed by atoms with van der Waals surface area (Å²) in [4.78, 5) is 13.3. The third-order valence-corrected chi connectivity index (χ3v) is 15.7. The van der Waals surface area contributed by atoms with Crippen LogP contribution in [0, 0.1) is 0 Å². The molecule has 12 unspecified atom stereocenters. The predicted octanol–water partition coefficient (Wildman–Crippen LogP) is 12.1. The van der Waals surface area contributed by atoms with Gasteiger partial charge < -0.3 is 65.1 Å². The normalized spacial score (nSPS) is 24.6. The van der Waals surface area contributed by atoms with Crippen LogP contribution in [0.5, 0.6) is 0 Å². The second-order valence-corrected chi connectivity index (χ2v) is 22.9. The van der Waals surface area contributed by atoms with Gasteiger partial charge in [0, 0.05) is 6.42 Å². The summed E-state index contributed by atoms with van der Waals surface area (Å²) < 4.78 is 22.8. The molecule has 2 heterocycles. The first-order chi connectivity index (χ1) is 39.1. The number of carbonyl (C=O) groups excluding carboxylic acids is 1. The number of unbranched alkanes of at least 4 members (excludes halogenated alkanes) is 31. The lowest BCUT2D eigenvalue weighted by Gasteiger charge is -2.46. The summed E-state index contributed by atoms with van der Waals surface area (Å²) in [5.74, 6) is -0.253. The average molecular weight is 1130 g/mol. The number of hydrogen-bond acceptors (Lipinski definition) is 13. The maximum Gasteiger partial charge on any atom is 0.220 e. The van der Waals surface area contributed by atoms with Crippen molar-refractivity contribution in [3.63, 3.8) is 0 Å². The SMILES string of the molecule is CCCCCCC/C=C\C/C=C\C/C=C\CCCCCCCCCCCCC(=O)NC(COC1OC(CO)C(OC2OC(CO)C(O)C(O)C2O)C(O)C1O)C(O)/C=C/CC/C=C/CCCCCCCCCCCCCCCCC. The van der Waals surface area contributed by atoms with Crippen LogP contribution >= 0.6 is 0 Å². The highest BCUT2D eigenvalue weighted by Crippen LogP contribution is 2.30. The molecule has 14 heteroatoms. The zero-order valence-corrected chi connectivity index (χ0v) is 50.3. The Morgan fingerprint density at radius 3 is 1.31 bits per heavy atom. The molecule has 2 aliphatic heterocycles. The topological polar surface area (TPSA) is 228 Å². The van der Waals surface area contributed by atoms with Crippen molar-refractivity contribution in [1.82, 2.24) is 5.32 Å². The van der Waals surface area contributed by atoms with Gasteiger partial charge in [0.25, 0.3) is 0 Å². The largest absolute Gasteiger partial charge is 0.394 e. The monoisotopic (exact) mass is 1130 g/mol. The second-order valence-electron chi connectivity index (χ2n) is 22.9. The standard InChI is InChI=1S/C66H119NO13/c1-3-5-7-9-11-13-15-17-19-21-23-25-26-27-28-30-32-34-36-38-40-42-44-46-48-50-58(71)67-54(55(70)49-47-45-43-41-39-37-35-33-31-29-24-22-20-18-16-14-12-10-8-6-4-2)53-77-65-63(76)61(74)64(57(52-69)79-65)80-66-62(75)60(73)59(72)56(51-68)78-66/h15,17,21,23,26-27,39,41,47,49,54-57,59-66,68-70,72-76H,3-14,16,18-20,22,24-25,28-38,40,42-46,48,50-53H2,1-2H3,(H,67,71)/b17-15-,23-21-,27-26-,41-39+,49-47+. The van der Waals surface area contributed by atoms with Gasteiger partial charge in [0.2, 0.25) is 5.91 Å². The van der Waals surface area contributed by atoms with Crippen LogP contribution in [0.2, 0.25) is 0 Å². The first-order valence-electron chi connectivity index (χ1n) is 32.5. The fourth-order valence-electron chi connectivity index (χ4n) is 10.4. The van der Waals surface area contributed by atoms with Crippen LogP contribution in [-0.2, 0) is 23.7 Å². The van der Waals surface area contributed by atoms with Crippen molar-refractivity contribution in [3.8, 4) is 0 Å². The van der Waals surface area contributed by atoms with E-state index in [4.69, 9.17) is 18.9 Å². The van der Waals surface area contributed by atoms with Crippen molar-refractivity contribution in [2.45, 2.75) is 331 Å². The molecule has 0 aromatic rings. The van der Waals surface area contributed by atoms with E-state index < -0.39 is 86.8 Å². The van der Waals surface area contributed by atoms with E-state index in [9.17, 15) is 45.6 Å². The van der Waals surface area contributed by atoms with E-state index in [0.29, 0.717) is 12.8 Å². The number of hydrogen-bond donors (Lipinski definition) is 9. The van der Waals surface area contributed by atoms with E-state index in [0.717, 1.165) is 51.4 Å². The highest BCUT2D eigenvalue weighted by molar-refractivity contribution is 5.76. The summed E-state index contributed by atoms with van der Waals surface area (Å²) in [6.45, 7) is 2.79. The number of aliphatic hydroxyl groups excluding tert-OH is 8. The quantitative estimate of drug-likeness (QED) is 0.0204. The Labute approximate surface area is 486 Å². The Morgan fingerprint density at radius 2 is 0.838 bits per heavy atom. The van der Waals surface area contributed by atoms with Gasteiger partial charge in [-0.1, -0.05) is 242 Å². The van der Waals surface area contributed by atoms with Crippen molar-refractivity contribution in [2.24, 2.45) is 0 Å². The predicted molar refractivity (Wildman–Crippen MR) is 323 cm³/mol. The number of allylic oxidation sites excluding steroid dienone is 9. The first-order valence-corrected chi connectivity index (χ1v) is 32.5. The third kappa shape index (κ3) is 35.7. The molecule has 2 fully saturated rings. The summed E-state index contributed by atoms with van der Waals surface area (Å²) >= 11 is 0. The summed E-state index contributed by atoms with van der Waals surface area (Å²) in [6.07, 6.45) is 49.7. The van der Waals surface area contributed by atoms with Gasteiger partial charge in [-0.05, 0) is 70.6 Å². The van der Waals surface area contributed by atoms with E-state index in [2.05, 4.69) is 67.8 Å². The van der Waals surface area contributed by atoms with Gasteiger partial charge in [-0.3, -0.25) is 4.79 Å². The Morgan fingerprint density at radius 1 is 0.450 bits per heavy atom. The Kier molecular flexibility index (Phi) is 47.2. The lowest BCUT2D eigenvalue weighted by Crippen LogP contribution is -2.65. The van der Waals surface area contributed by atoms with Crippen molar-refractivity contribution in [3.05, 3.63) is 60.8 Å². The second kappa shape index (κ2) is 51.1. The van der Waals surface area contributed by atoms with Crippen molar-refractivity contribution >= 4 is 5.91 Å². The van der Waals surface area contributed by atoms with Crippen LogP contribution in [0.1, 0.15) is 258 Å². The van der Waals surface area contributed by atoms with Gasteiger partial charge in [0.15, 0.2) is 12.6 Å². The molecule has 466 valence electrons. The minimum Gasteiger partial charge on any atom is -0.394 e. The van der Waals surface area contributed by atoms with Gasteiger partial charge in [-0.15, -0.1) is 0 Å². The fourth-order valence-corrected chi connectivity index (χ4v) is 10.4. The average Bonchev–Trinajstić information content (AvgIpc) is 3.49.